The second-order valence-electron chi connectivity index (χ2n) is 6.26. The fourth-order valence-electron chi connectivity index (χ4n) is 2.90. The van der Waals surface area contributed by atoms with E-state index in [0.29, 0.717) is 50.7 Å². The normalized spacial score (nSPS) is 11.0. The number of halogens is 3. The molecule has 6 nitrogen and oxygen atoms in total. The van der Waals surface area contributed by atoms with Crippen molar-refractivity contribution >= 4 is 44.6 Å². The molecule has 4 rings (SSSR count). The van der Waals surface area contributed by atoms with Gasteiger partial charge in [-0.3, -0.25) is 4.79 Å². The van der Waals surface area contributed by atoms with E-state index in [9.17, 15) is 9.18 Å². The number of imidazole rings is 1. The van der Waals surface area contributed by atoms with Crippen molar-refractivity contribution < 1.29 is 9.18 Å². The molecular weight excluding hydrogens is 461 g/mol. The number of benzene rings is 1. The maximum Gasteiger partial charge on any atom is 0.254 e. The minimum atomic E-state index is -0.332. The lowest BCUT2D eigenvalue weighted by atomic mass is 10.2. The highest BCUT2D eigenvalue weighted by atomic mass is 79.9. The molecular formula is C20H14BrClFN5O. The van der Waals surface area contributed by atoms with Crippen LogP contribution in [0, 0.1) is 5.82 Å². The van der Waals surface area contributed by atoms with Gasteiger partial charge in [-0.05, 0) is 64.3 Å². The molecule has 0 unspecified atom stereocenters. The molecule has 2 N–H and O–H groups in total. The summed E-state index contributed by atoms with van der Waals surface area (Å²) >= 11 is 9.27. The van der Waals surface area contributed by atoms with E-state index >= 15 is 0 Å². The molecule has 0 fully saturated rings. The fraction of sp³-hybridized carbons (Fsp3) is 0.100. The van der Waals surface area contributed by atoms with Gasteiger partial charge in [0.25, 0.3) is 5.91 Å². The minimum Gasteiger partial charge on any atom is -0.352 e. The molecule has 0 spiro atoms. The van der Waals surface area contributed by atoms with E-state index in [-0.39, 0.29) is 11.7 Å². The predicted molar refractivity (Wildman–Crippen MR) is 112 cm³/mol. The van der Waals surface area contributed by atoms with Crippen LogP contribution in [0.25, 0.3) is 22.6 Å². The quantitative estimate of drug-likeness (QED) is 0.416. The number of pyridine rings is 2. The van der Waals surface area contributed by atoms with E-state index in [4.69, 9.17) is 11.6 Å². The largest absolute Gasteiger partial charge is 0.352 e. The Morgan fingerprint density at radius 1 is 1.21 bits per heavy atom. The predicted octanol–water partition coefficient (Wildman–Crippen LogP) is 4.55. The zero-order chi connectivity index (χ0) is 20.4. The van der Waals surface area contributed by atoms with Gasteiger partial charge in [-0.25, -0.2) is 19.3 Å². The van der Waals surface area contributed by atoms with Crippen LogP contribution in [0.2, 0.25) is 5.15 Å². The summed E-state index contributed by atoms with van der Waals surface area (Å²) in [6.07, 6.45) is 3.79. The van der Waals surface area contributed by atoms with Gasteiger partial charge in [0.2, 0.25) is 0 Å². The number of aromatic nitrogens is 4. The van der Waals surface area contributed by atoms with E-state index in [1.165, 1.54) is 12.1 Å². The lowest BCUT2D eigenvalue weighted by Crippen LogP contribution is -2.26. The number of nitrogens with one attached hydrogen (secondary N) is 2. The third-order valence-electron chi connectivity index (χ3n) is 4.30. The van der Waals surface area contributed by atoms with Gasteiger partial charge < -0.3 is 10.3 Å². The summed E-state index contributed by atoms with van der Waals surface area (Å²) in [5.74, 6) is -0.103. The molecule has 0 aliphatic heterocycles. The molecule has 29 heavy (non-hydrogen) atoms. The minimum absolute atomic E-state index is 0.276. The first-order chi connectivity index (χ1) is 14.0. The molecule has 0 saturated heterocycles. The number of nitrogens with zero attached hydrogens (tertiary/aromatic N) is 3. The molecule has 3 aromatic heterocycles. The summed E-state index contributed by atoms with van der Waals surface area (Å²) in [4.78, 5) is 28.6. The van der Waals surface area contributed by atoms with Crippen LogP contribution in [0.1, 0.15) is 15.9 Å². The Balaban J connectivity index is 1.58. The lowest BCUT2D eigenvalue weighted by Gasteiger charge is -2.07. The van der Waals surface area contributed by atoms with Crippen molar-refractivity contribution in [2.45, 2.75) is 6.42 Å². The molecule has 4 aromatic rings. The SMILES string of the molecule is O=C(NCCc1ccnc(Cl)c1)c1c(Br)cnc2[nH]c(-c3ccc(F)cc3)nc12. The molecule has 0 aliphatic rings. The van der Waals surface area contributed by atoms with Gasteiger partial charge in [-0.15, -0.1) is 0 Å². The van der Waals surface area contributed by atoms with Gasteiger partial charge in [0.15, 0.2) is 5.65 Å². The van der Waals surface area contributed by atoms with Crippen LogP contribution in [0.4, 0.5) is 4.39 Å². The Morgan fingerprint density at radius 3 is 2.76 bits per heavy atom. The number of hydrogen-bond acceptors (Lipinski definition) is 4. The van der Waals surface area contributed by atoms with Crippen molar-refractivity contribution in [3.8, 4) is 11.4 Å². The van der Waals surface area contributed by atoms with Gasteiger partial charge in [0, 0.05) is 24.5 Å². The molecule has 1 amide bonds. The summed E-state index contributed by atoms with van der Waals surface area (Å²) in [7, 11) is 0. The molecule has 3 heterocycles. The maximum atomic E-state index is 13.2. The smallest absolute Gasteiger partial charge is 0.254 e. The highest BCUT2D eigenvalue weighted by Crippen LogP contribution is 2.26. The number of carbonyl (C=O) groups excluding carboxylic acids is 1. The van der Waals surface area contributed by atoms with Gasteiger partial charge in [0.1, 0.15) is 22.3 Å². The van der Waals surface area contributed by atoms with E-state index in [2.05, 4.69) is 41.2 Å². The molecule has 1 aromatic carbocycles. The van der Waals surface area contributed by atoms with Gasteiger partial charge >= 0.3 is 0 Å². The van der Waals surface area contributed by atoms with Crippen molar-refractivity contribution in [3.63, 3.8) is 0 Å². The average molecular weight is 475 g/mol. The first kappa shape index (κ1) is 19.5. The van der Waals surface area contributed by atoms with Gasteiger partial charge in [-0.2, -0.15) is 0 Å². The number of carbonyl (C=O) groups is 1. The van der Waals surface area contributed by atoms with Crippen LogP contribution in [-0.2, 0) is 6.42 Å². The van der Waals surface area contributed by atoms with E-state index in [0.717, 1.165) is 5.56 Å². The molecule has 0 radical (unpaired) electrons. The number of aromatic amines is 1. The first-order valence-corrected chi connectivity index (χ1v) is 9.87. The molecule has 9 heteroatoms. The average Bonchev–Trinajstić information content (AvgIpc) is 3.12. The lowest BCUT2D eigenvalue weighted by molar-refractivity contribution is 0.0955. The number of hydrogen-bond donors (Lipinski definition) is 2. The second kappa shape index (κ2) is 8.26. The van der Waals surface area contributed by atoms with Crippen molar-refractivity contribution in [1.82, 2.24) is 25.3 Å². The molecule has 0 saturated carbocycles. The summed E-state index contributed by atoms with van der Waals surface area (Å²) in [6, 6.07) is 9.54. The second-order valence-corrected chi connectivity index (χ2v) is 7.50. The Kier molecular flexibility index (Phi) is 5.55. The number of H-pyrrole nitrogens is 1. The molecule has 0 atom stereocenters. The third-order valence-corrected chi connectivity index (χ3v) is 5.11. The van der Waals surface area contributed by atoms with Crippen LogP contribution in [0.15, 0.2) is 53.3 Å². The Bertz CT molecular complexity index is 1200. The van der Waals surface area contributed by atoms with E-state index in [1.54, 1.807) is 30.6 Å². The molecule has 0 bridgehead atoms. The topological polar surface area (TPSA) is 83.6 Å². The van der Waals surface area contributed by atoms with Crippen molar-refractivity contribution in [2.75, 3.05) is 6.54 Å². The van der Waals surface area contributed by atoms with Gasteiger partial charge in [-0.1, -0.05) is 11.6 Å². The van der Waals surface area contributed by atoms with Crippen molar-refractivity contribution in [2.24, 2.45) is 0 Å². The highest BCUT2D eigenvalue weighted by Gasteiger charge is 2.19. The monoisotopic (exact) mass is 473 g/mol. The molecule has 146 valence electrons. The Morgan fingerprint density at radius 2 is 2.00 bits per heavy atom. The Hall–Kier alpha value is -2.84. The van der Waals surface area contributed by atoms with Crippen molar-refractivity contribution in [1.29, 1.82) is 0 Å². The van der Waals surface area contributed by atoms with Crippen LogP contribution in [0.3, 0.4) is 0 Å². The standard InChI is InChI=1S/C20H14BrClFN5O/c21-14-10-26-19-17(27-18(28-19)12-1-3-13(23)4-2-12)16(14)20(29)25-8-6-11-5-7-24-15(22)9-11/h1-5,7,9-10H,6,8H2,(H,25,29)(H,26,27,28). The first-order valence-electron chi connectivity index (χ1n) is 8.70. The molecule has 0 aliphatic carbocycles. The zero-order valence-corrected chi connectivity index (χ0v) is 17.3. The fourth-order valence-corrected chi connectivity index (χ4v) is 3.56. The van der Waals surface area contributed by atoms with Crippen LogP contribution >= 0.6 is 27.5 Å². The van der Waals surface area contributed by atoms with E-state index in [1.807, 2.05) is 6.07 Å². The third kappa shape index (κ3) is 4.28. The van der Waals surface area contributed by atoms with E-state index < -0.39 is 0 Å². The van der Waals surface area contributed by atoms with Crippen molar-refractivity contribution in [3.05, 3.63) is 75.4 Å². The van der Waals surface area contributed by atoms with Gasteiger partial charge in [0.05, 0.1) is 10.0 Å². The number of rotatable bonds is 5. The maximum absolute atomic E-state index is 13.2. The number of fused-ring (bicyclic) bond motifs is 1. The summed E-state index contributed by atoms with van der Waals surface area (Å²) < 4.78 is 13.7. The van der Waals surface area contributed by atoms with Crippen LogP contribution in [0.5, 0.6) is 0 Å². The Labute approximate surface area is 178 Å². The highest BCUT2D eigenvalue weighted by molar-refractivity contribution is 9.10. The number of amides is 1. The zero-order valence-electron chi connectivity index (χ0n) is 14.9. The van der Waals surface area contributed by atoms with Crippen LogP contribution < -0.4 is 5.32 Å². The van der Waals surface area contributed by atoms with Crippen LogP contribution in [-0.4, -0.2) is 32.4 Å². The summed E-state index contributed by atoms with van der Waals surface area (Å²) in [5.41, 5.74) is 2.96. The summed E-state index contributed by atoms with van der Waals surface area (Å²) in [6.45, 7) is 0.421. The summed E-state index contributed by atoms with van der Waals surface area (Å²) in [5, 5.41) is 3.31.